The molecule has 43 heavy (non-hydrogen) atoms. The number of hydrogen-bond donors (Lipinski definition) is 0. The van der Waals surface area contributed by atoms with Crippen LogP contribution >= 0.6 is 0 Å². The van der Waals surface area contributed by atoms with Gasteiger partial charge in [0.2, 0.25) is 0 Å². The van der Waals surface area contributed by atoms with Crippen LogP contribution in [0, 0.1) is 0 Å². The fourth-order valence-electron chi connectivity index (χ4n) is 6.39. The molecule has 1 aliphatic rings. The molecule has 1 aromatic heterocycles. The molecular weight excluding hydrogens is 522 g/mol. The molecule has 8 rings (SSSR count). The number of nitrogens with zero attached hydrogens (tertiary/aromatic N) is 3. The third-order valence-electron chi connectivity index (χ3n) is 8.73. The predicted octanol–water partition coefficient (Wildman–Crippen LogP) is 10.00. The van der Waals surface area contributed by atoms with Crippen molar-refractivity contribution in [3.8, 4) is 56.4 Å². The van der Waals surface area contributed by atoms with Gasteiger partial charge in [0.05, 0.1) is 0 Å². The van der Waals surface area contributed by atoms with E-state index in [1.54, 1.807) is 0 Å². The van der Waals surface area contributed by atoms with Gasteiger partial charge in [-0.15, -0.1) is 0 Å². The topological polar surface area (TPSA) is 38.7 Å². The summed E-state index contributed by atoms with van der Waals surface area (Å²) >= 11 is 0. The Labute approximate surface area is 251 Å². The summed E-state index contributed by atoms with van der Waals surface area (Å²) in [5.74, 6) is 1.99. The molecule has 1 heterocycles. The Balaban J connectivity index is 1.20. The van der Waals surface area contributed by atoms with E-state index in [4.69, 9.17) is 15.0 Å². The first-order chi connectivity index (χ1) is 21.0. The van der Waals surface area contributed by atoms with Gasteiger partial charge < -0.3 is 0 Å². The van der Waals surface area contributed by atoms with Crippen molar-refractivity contribution in [1.82, 2.24) is 15.0 Å². The zero-order valence-electron chi connectivity index (χ0n) is 24.1. The lowest BCUT2D eigenvalue weighted by Crippen LogP contribution is -2.14. The molecule has 0 saturated heterocycles. The van der Waals surface area contributed by atoms with Gasteiger partial charge in [0.1, 0.15) is 0 Å². The quantitative estimate of drug-likeness (QED) is 0.218. The van der Waals surface area contributed by atoms with Gasteiger partial charge >= 0.3 is 0 Å². The first-order valence-electron chi connectivity index (χ1n) is 14.7. The minimum atomic E-state index is 0.00616. The van der Waals surface area contributed by atoms with Crippen molar-refractivity contribution in [3.05, 3.63) is 151 Å². The van der Waals surface area contributed by atoms with E-state index >= 15 is 0 Å². The Hall–Kier alpha value is -5.41. The van der Waals surface area contributed by atoms with E-state index in [0.29, 0.717) is 17.5 Å². The fourth-order valence-corrected chi connectivity index (χ4v) is 6.39. The van der Waals surface area contributed by atoms with Gasteiger partial charge in [0.25, 0.3) is 0 Å². The predicted molar refractivity (Wildman–Crippen MR) is 177 cm³/mol. The molecule has 3 nitrogen and oxygen atoms in total. The van der Waals surface area contributed by atoms with E-state index in [1.165, 1.54) is 38.8 Å². The van der Waals surface area contributed by atoms with Crippen molar-refractivity contribution in [2.45, 2.75) is 19.3 Å². The van der Waals surface area contributed by atoms with Gasteiger partial charge in [-0.25, -0.2) is 15.0 Å². The molecule has 0 spiro atoms. The van der Waals surface area contributed by atoms with E-state index in [-0.39, 0.29) is 5.41 Å². The largest absolute Gasteiger partial charge is 0.208 e. The van der Waals surface area contributed by atoms with E-state index in [1.807, 2.05) is 30.3 Å². The summed E-state index contributed by atoms with van der Waals surface area (Å²) in [6.07, 6.45) is 0. The maximum Gasteiger partial charge on any atom is 0.164 e. The van der Waals surface area contributed by atoms with Gasteiger partial charge in [0, 0.05) is 22.1 Å². The molecule has 204 valence electrons. The molecule has 6 aromatic carbocycles. The monoisotopic (exact) mass is 551 g/mol. The zero-order valence-corrected chi connectivity index (χ0v) is 24.1. The second-order valence-corrected chi connectivity index (χ2v) is 11.7. The number of aromatic nitrogens is 3. The third-order valence-corrected chi connectivity index (χ3v) is 8.73. The number of fused-ring (bicyclic) bond motifs is 4. The summed E-state index contributed by atoms with van der Waals surface area (Å²) in [6, 6.07) is 49.1. The van der Waals surface area contributed by atoms with Crippen LogP contribution in [0.5, 0.6) is 0 Å². The molecule has 0 aliphatic heterocycles. The molecule has 0 atom stereocenters. The SMILES string of the molecule is CC1(C)c2ccccc2-c2cc(-c3ccc(-c4nc(-c5ccccc5)nc(-c5ccc6ccccc6c5)n4)cc3)ccc21. The lowest BCUT2D eigenvalue weighted by Gasteiger charge is -2.21. The Morgan fingerprint density at radius 2 is 0.907 bits per heavy atom. The fraction of sp³-hybridized carbons (Fsp3) is 0.0750. The Kier molecular flexibility index (Phi) is 5.80. The molecular formula is C40H29N3. The van der Waals surface area contributed by atoms with Crippen LogP contribution in [0.4, 0.5) is 0 Å². The Bertz CT molecular complexity index is 2140. The Morgan fingerprint density at radius 1 is 0.372 bits per heavy atom. The van der Waals surface area contributed by atoms with E-state index < -0.39 is 0 Å². The maximum absolute atomic E-state index is 4.97. The number of rotatable bonds is 4. The van der Waals surface area contributed by atoms with Crippen molar-refractivity contribution in [2.24, 2.45) is 0 Å². The minimum absolute atomic E-state index is 0.00616. The lowest BCUT2D eigenvalue weighted by atomic mass is 9.82. The van der Waals surface area contributed by atoms with Crippen LogP contribution in [-0.2, 0) is 5.41 Å². The molecule has 3 heteroatoms. The molecule has 0 unspecified atom stereocenters. The summed E-state index contributed by atoms with van der Waals surface area (Å²) in [6.45, 7) is 4.63. The maximum atomic E-state index is 4.97. The van der Waals surface area contributed by atoms with Gasteiger partial charge in [-0.3, -0.25) is 0 Å². The summed E-state index contributed by atoms with van der Waals surface area (Å²) in [5.41, 5.74) is 10.7. The average Bonchev–Trinajstić information content (AvgIpc) is 3.30. The second kappa shape index (κ2) is 9.85. The Morgan fingerprint density at radius 3 is 1.67 bits per heavy atom. The summed E-state index contributed by atoms with van der Waals surface area (Å²) in [4.78, 5) is 14.8. The van der Waals surface area contributed by atoms with E-state index in [0.717, 1.165) is 22.1 Å². The lowest BCUT2D eigenvalue weighted by molar-refractivity contribution is 0.660. The van der Waals surface area contributed by atoms with Gasteiger partial charge in [-0.1, -0.05) is 141 Å². The standard InChI is InChI=1S/C40H29N3/c1-40(2)35-15-9-8-14-33(35)34-25-31(22-23-36(34)40)27-16-19-29(20-17-27)38-41-37(28-11-4-3-5-12-28)42-39(43-38)32-21-18-26-10-6-7-13-30(26)24-32/h3-25H,1-2H3. The number of benzene rings is 6. The highest BCUT2D eigenvalue weighted by Gasteiger charge is 2.35. The van der Waals surface area contributed by atoms with Gasteiger partial charge in [0.15, 0.2) is 17.5 Å². The van der Waals surface area contributed by atoms with Gasteiger partial charge in [-0.2, -0.15) is 0 Å². The highest BCUT2D eigenvalue weighted by molar-refractivity contribution is 5.87. The van der Waals surface area contributed by atoms with Crippen molar-refractivity contribution in [3.63, 3.8) is 0 Å². The van der Waals surface area contributed by atoms with Crippen LogP contribution in [-0.4, -0.2) is 15.0 Å². The molecule has 0 fully saturated rings. The second-order valence-electron chi connectivity index (χ2n) is 11.7. The van der Waals surface area contributed by atoms with Crippen molar-refractivity contribution in [1.29, 1.82) is 0 Å². The smallest absolute Gasteiger partial charge is 0.164 e. The first-order valence-corrected chi connectivity index (χ1v) is 14.7. The minimum Gasteiger partial charge on any atom is -0.208 e. The van der Waals surface area contributed by atoms with Crippen LogP contribution in [0.25, 0.3) is 67.2 Å². The summed E-state index contributed by atoms with van der Waals surface area (Å²) in [5, 5.41) is 2.35. The first kappa shape index (κ1) is 25.3. The van der Waals surface area contributed by atoms with Gasteiger partial charge in [-0.05, 0) is 56.3 Å². The molecule has 0 bridgehead atoms. The number of hydrogen-bond acceptors (Lipinski definition) is 3. The van der Waals surface area contributed by atoms with Crippen molar-refractivity contribution < 1.29 is 0 Å². The summed E-state index contributed by atoms with van der Waals surface area (Å²) < 4.78 is 0. The van der Waals surface area contributed by atoms with Crippen LogP contribution < -0.4 is 0 Å². The molecule has 0 N–H and O–H groups in total. The zero-order chi connectivity index (χ0) is 29.0. The van der Waals surface area contributed by atoms with Crippen LogP contribution in [0.2, 0.25) is 0 Å². The van der Waals surface area contributed by atoms with E-state index in [9.17, 15) is 0 Å². The van der Waals surface area contributed by atoms with Crippen molar-refractivity contribution >= 4 is 10.8 Å². The molecule has 7 aromatic rings. The van der Waals surface area contributed by atoms with Crippen molar-refractivity contribution in [2.75, 3.05) is 0 Å². The van der Waals surface area contributed by atoms with Crippen LogP contribution in [0.3, 0.4) is 0 Å². The van der Waals surface area contributed by atoms with E-state index in [2.05, 4.69) is 123 Å². The normalized spacial score (nSPS) is 13.1. The molecule has 0 saturated carbocycles. The average molecular weight is 552 g/mol. The van der Waals surface area contributed by atoms with Crippen LogP contribution in [0.1, 0.15) is 25.0 Å². The highest BCUT2D eigenvalue weighted by atomic mass is 15.0. The summed E-state index contributed by atoms with van der Waals surface area (Å²) in [7, 11) is 0. The molecule has 0 amide bonds. The molecule has 0 radical (unpaired) electrons. The third kappa shape index (κ3) is 4.33. The highest BCUT2D eigenvalue weighted by Crippen LogP contribution is 2.49. The molecule has 1 aliphatic carbocycles. The van der Waals surface area contributed by atoms with Crippen LogP contribution in [0.15, 0.2) is 140 Å².